The number of hydrogen-bond donors (Lipinski definition) is 1. The molecule has 1 atom stereocenters. The van der Waals surface area contributed by atoms with E-state index in [1.165, 1.54) is 22.6 Å². The molecular formula is C15H16FN3O4S. The van der Waals surface area contributed by atoms with Gasteiger partial charge >= 0.3 is 11.0 Å². The minimum absolute atomic E-state index is 0.0107. The van der Waals surface area contributed by atoms with Crippen LogP contribution in [0.5, 0.6) is 0 Å². The average molecular weight is 353 g/mol. The van der Waals surface area contributed by atoms with Gasteiger partial charge in [-0.1, -0.05) is 11.3 Å². The summed E-state index contributed by atoms with van der Waals surface area (Å²) in [5.74, 6) is -1.02. The van der Waals surface area contributed by atoms with Crippen LogP contribution in [0.2, 0.25) is 0 Å². The van der Waals surface area contributed by atoms with Crippen LogP contribution in [0.15, 0.2) is 16.9 Å². The van der Waals surface area contributed by atoms with Gasteiger partial charge in [-0.05, 0) is 19.9 Å². The maximum atomic E-state index is 14.6. The number of anilines is 1. The second-order valence-electron chi connectivity index (χ2n) is 5.70. The van der Waals surface area contributed by atoms with E-state index in [0.29, 0.717) is 4.70 Å². The van der Waals surface area contributed by atoms with Gasteiger partial charge in [0.15, 0.2) is 11.9 Å². The van der Waals surface area contributed by atoms with Crippen molar-refractivity contribution in [3.05, 3.63) is 27.6 Å². The molecule has 1 saturated heterocycles. The molecule has 2 amide bonds. The molecule has 1 aliphatic rings. The van der Waals surface area contributed by atoms with Gasteiger partial charge in [0, 0.05) is 19.2 Å². The Morgan fingerprint density at radius 1 is 1.42 bits per heavy atom. The summed E-state index contributed by atoms with van der Waals surface area (Å²) in [6, 6.07) is 2.57. The van der Waals surface area contributed by atoms with E-state index in [-0.39, 0.29) is 28.7 Å². The summed E-state index contributed by atoms with van der Waals surface area (Å²) >= 11 is 0.916. The van der Waals surface area contributed by atoms with Crippen LogP contribution in [-0.4, -0.2) is 36.3 Å². The number of benzene rings is 1. The van der Waals surface area contributed by atoms with Crippen molar-refractivity contribution in [2.24, 2.45) is 0 Å². The number of fused-ring (bicyclic) bond motifs is 1. The third kappa shape index (κ3) is 2.54. The highest BCUT2D eigenvalue weighted by atomic mass is 32.1. The number of aromatic nitrogens is 1. The van der Waals surface area contributed by atoms with E-state index in [2.05, 4.69) is 5.32 Å². The molecular weight excluding hydrogens is 337 g/mol. The molecule has 0 bridgehead atoms. The average Bonchev–Trinajstić information content (AvgIpc) is 3.06. The topological polar surface area (TPSA) is 80.6 Å². The molecule has 1 aromatic heterocycles. The summed E-state index contributed by atoms with van der Waals surface area (Å²) < 4.78 is 21.4. The van der Waals surface area contributed by atoms with Gasteiger partial charge < -0.3 is 10.1 Å². The smallest absolute Gasteiger partial charge is 0.415 e. The molecule has 2 aromatic rings. The van der Waals surface area contributed by atoms with Gasteiger partial charge in [-0.25, -0.2) is 9.18 Å². The molecule has 0 radical (unpaired) electrons. The molecule has 0 unspecified atom stereocenters. The maximum absolute atomic E-state index is 14.6. The Balaban J connectivity index is 2.05. The zero-order chi connectivity index (χ0) is 17.6. The van der Waals surface area contributed by atoms with E-state index in [1.807, 2.05) is 0 Å². The molecule has 128 valence electrons. The van der Waals surface area contributed by atoms with E-state index in [1.54, 1.807) is 19.9 Å². The number of nitrogens with one attached hydrogen (secondary N) is 1. The van der Waals surface area contributed by atoms with Crippen molar-refractivity contribution < 1.29 is 18.7 Å². The van der Waals surface area contributed by atoms with E-state index in [9.17, 15) is 18.8 Å². The summed E-state index contributed by atoms with van der Waals surface area (Å²) in [6.07, 6.45) is -1.67. The lowest BCUT2D eigenvalue weighted by atomic mass is 10.2. The molecule has 1 N–H and O–H groups in total. The SMILES string of the molecule is CNC(=O)[C@H]1CN(c2cc(F)c3c(c2)sc(=O)n3C(C)C)C(=O)O1. The van der Waals surface area contributed by atoms with E-state index in [0.717, 1.165) is 11.3 Å². The minimum Gasteiger partial charge on any atom is -0.434 e. The molecule has 0 saturated carbocycles. The van der Waals surface area contributed by atoms with Crippen LogP contribution < -0.4 is 15.1 Å². The fraction of sp³-hybridized carbons (Fsp3) is 0.400. The molecule has 0 spiro atoms. The van der Waals surface area contributed by atoms with Crippen molar-refractivity contribution in [2.45, 2.75) is 26.0 Å². The first-order valence-corrected chi connectivity index (χ1v) is 8.19. The zero-order valence-corrected chi connectivity index (χ0v) is 14.1. The number of nitrogens with zero attached hydrogens (tertiary/aromatic N) is 2. The second-order valence-corrected chi connectivity index (χ2v) is 6.70. The largest absolute Gasteiger partial charge is 0.434 e. The van der Waals surface area contributed by atoms with Crippen molar-refractivity contribution in [3.8, 4) is 0 Å². The molecule has 1 fully saturated rings. The molecule has 24 heavy (non-hydrogen) atoms. The molecule has 3 rings (SSSR count). The third-order valence-corrected chi connectivity index (χ3v) is 4.73. The highest BCUT2D eigenvalue weighted by molar-refractivity contribution is 7.16. The van der Waals surface area contributed by atoms with Gasteiger partial charge in [-0.3, -0.25) is 19.1 Å². The van der Waals surface area contributed by atoms with Gasteiger partial charge in [0.1, 0.15) is 0 Å². The Labute approximate surface area is 140 Å². The van der Waals surface area contributed by atoms with E-state index >= 15 is 0 Å². The molecule has 2 heterocycles. The fourth-order valence-corrected chi connectivity index (χ4v) is 3.76. The standard InChI is InChI=1S/C15H16FN3O4S/c1-7(2)19-12-9(16)4-8(5-11(12)24-15(19)22)18-6-10(13(20)17-3)23-14(18)21/h4-5,7,10H,6H2,1-3H3,(H,17,20)/t10-/m1/s1. The van der Waals surface area contributed by atoms with Crippen molar-refractivity contribution >= 4 is 39.2 Å². The van der Waals surface area contributed by atoms with E-state index in [4.69, 9.17) is 4.74 Å². The van der Waals surface area contributed by atoms with Crippen molar-refractivity contribution in [1.29, 1.82) is 0 Å². The number of hydrogen-bond acceptors (Lipinski definition) is 5. The minimum atomic E-state index is -0.944. The van der Waals surface area contributed by atoms with Gasteiger partial charge in [-0.2, -0.15) is 0 Å². The normalized spacial score (nSPS) is 17.6. The van der Waals surface area contributed by atoms with Gasteiger partial charge in [-0.15, -0.1) is 0 Å². The summed E-state index contributed by atoms with van der Waals surface area (Å²) in [7, 11) is 1.44. The quantitative estimate of drug-likeness (QED) is 0.913. The van der Waals surface area contributed by atoms with Crippen LogP contribution >= 0.6 is 11.3 Å². The lowest BCUT2D eigenvalue weighted by molar-refractivity contribution is -0.127. The maximum Gasteiger partial charge on any atom is 0.415 e. The number of amides is 2. The Morgan fingerprint density at radius 3 is 2.75 bits per heavy atom. The molecule has 9 heteroatoms. The number of thiazole rings is 1. The number of halogens is 1. The first-order valence-electron chi connectivity index (χ1n) is 7.37. The highest BCUT2D eigenvalue weighted by Gasteiger charge is 2.37. The van der Waals surface area contributed by atoms with Gasteiger partial charge in [0.2, 0.25) is 0 Å². The molecule has 1 aliphatic heterocycles. The number of rotatable bonds is 3. The van der Waals surface area contributed by atoms with Crippen molar-refractivity contribution in [1.82, 2.24) is 9.88 Å². The Bertz CT molecular complexity index is 889. The number of carbonyl (C=O) groups excluding carboxylic acids is 2. The third-order valence-electron chi connectivity index (χ3n) is 3.83. The molecule has 0 aliphatic carbocycles. The number of cyclic esters (lactones) is 1. The summed E-state index contributed by atoms with van der Waals surface area (Å²) in [5.41, 5.74) is 0.479. The lowest BCUT2D eigenvalue weighted by Crippen LogP contribution is -2.35. The van der Waals surface area contributed by atoms with Crippen LogP contribution in [0, 0.1) is 5.82 Å². The number of likely N-dealkylation sites (N-methyl/N-ethyl adjacent to an activating group) is 1. The first-order chi connectivity index (χ1) is 11.3. The van der Waals surface area contributed by atoms with Crippen LogP contribution in [-0.2, 0) is 9.53 Å². The molecule has 7 nitrogen and oxygen atoms in total. The number of ether oxygens (including phenoxy) is 1. The van der Waals surface area contributed by atoms with Crippen LogP contribution in [0.1, 0.15) is 19.9 Å². The van der Waals surface area contributed by atoms with E-state index < -0.39 is 23.9 Å². The van der Waals surface area contributed by atoms with Crippen LogP contribution in [0.25, 0.3) is 10.2 Å². The monoisotopic (exact) mass is 353 g/mol. The predicted octanol–water partition coefficient (Wildman–Crippen LogP) is 1.85. The molecule has 1 aromatic carbocycles. The summed E-state index contributed by atoms with van der Waals surface area (Å²) in [6.45, 7) is 3.59. The van der Waals surface area contributed by atoms with Crippen LogP contribution in [0.3, 0.4) is 0 Å². The fourth-order valence-electron chi connectivity index (χ4n) is 2.70. The predicted molar refractivity (Wildman–Crippen MR) is 88.1 cm³/mol. The first kappa shape index (κ1) is 16.4. The summed E-state index contributed by atoms with van der Waals surface area (Å²) in [5, 5.41) is 2.40. The van der Waals surface area contributed by atoms with Gasteiger partial charge in [0.25, 0.3) is 5.91 Å². The van der Waals surface area contributed by atoms with Crippen molar-refractivity contribution in [2.75, 3.05) is 18.5 Å². The Kier molecular flexibility index (Phi) is 4.04. The number of carbonyl (C=O) groups is 2. The van der Waals surface area contributed by atoms with Gasteiger partial charge in [0.05, 0.1) is 22.4 Å². The van der Waals surface area contributed by atoms with Crippen LogP contribution in [0.4, 0.5) is 14.9 Å². The Morgan fingerprint density at radius 2 is 2.12 bits per heavy atom. The Hall–Kier alpha value is -2.42. The van der Waals surface area contributed by atoms with Crippen molar-refractivity contribution in [3.63, 3.8) is 0 Å². The lowest BCUT2D eigenvalue weighted by Gasteiger charge is -2.14. The highest BCUT2D eigenvalue weighted by Crippen LogP contribution is 2.31. The zero-order valence-electron chi connectivity index (χ0n) is 13.3. The summed E-state index contributed by atoms with van der Waals surface area (Å²) in [4.78, 5) is 36.6. The second kappa shape index (κ2) is 5.90.